The van der Waals surface area contributed by atoms with E-state index < -0.39 is 12.3 Å². The molecule has 0 amide bonds. The van der Waals surface area contributed by atoms with E-state index in [1.165, 1.54) is 19.3 Å². The summed E-state index contributed by atoms with van der Waals surface area (Å²) in [5.74, 6) is 3.81. The lowest BCUT2D eigenvalue weighted by atomic mass is 9.49. The molecule has 1 heterocycles. The molecular formula is C24H35FN2O2. The maximum absolute atomic E-state index is 13.3. The highest BCUT2D eigenvalue weighted by Gasteiger charge is 2.58. The second kappa shape index (κ2) is 7.18. The van der Waals surface area contributed by atoms with E-state index in [-0.39, 0.29) is 11.3 Å². The number of hydrogen-bond acceptors (Lipinski definition) is 3. The van der Waals surface area contributed by atoms with Crippen LogP contribution in [0.5, 0.6) is 0 Å². The molecule has 0 spiro atoms. The highest BCUT2D eigenvalue weighted by Crippen LogP contribution is 2.64. The zero-order chi connectivity index (χ0) is 20.2. The van der Waals surface area contributed by atoms with Crippen LogP contribution in [0.4, 0.5) is 4.39 Å². The number of nitrogens with zero attached hydrogens (tertiary/aromatic N) is 2. The predicted octanol–water partition coefficient (Wildman–Crippen LogP) is 4.42. The summed E-state index contributed by atoms with van der Waals surface area (Å²) in [6.45, 7) is 2.26. The highest BCUT2D eigenvalue weighted by molar-refractivity contribution is 5.82. The van der Waals surface area contributed by atoms with Gasteiger partial charge in [-0.3, -0.25) is 4.79 Å². The molecule has 4 fully saturated rings. The summed E-state index contributed by atoms with van der Waals surface area (Å²) in [5, 5.41) is 10.5. The van der Waals surface area contributed by atoms with Crippen LogP contribution in [0.1, 0.15) is 64.7 Å². The smallest absolute Gasteiger partial charge is 0.156 e. The second-order valence-corrected chi connectivity index (χ2v) is 10.9. The molecular weight excluding hydrogens is 367 g/mol. The number of Topliss-reactive ketones (excluding diaryl/α,β-unsaturated/α-hetero) is 1. The fourth-order valence-electron chi connectivity index (χ4n) is 8.28. The van der Waals surface area contributed by atoms with Crippen LogP contribution < -0.4 is 0 Å². The van der Waals surface area contributed by atoms with Crippen molar-refractivity contribution in [2.45, 2.75) is 76.9 Å². The minimum Gasteiger partial charge on any atom is -0.387 e. The van der Waals surface area contributed by atoms with Crippen molar-refractivity contribution < 1.29 is 14.3 Å². The summed E-state index contributed by atoms with van der Waals surface area (Å²) in [7, 11) is 0. The molecule has 4 aliphatic rings. The second-order valence-electron chi connectivity index (χ2n) is 10.9. The molecule has 5 rings (SSSR count). The average Bonchev–Trinajstić information content (AvgIpc) is 3.34. The Bertz CT molecular complexity index is 752. The molecule has 1 N–H and O–H groups in total. The van der Waals surface area contributed by atoms with Crippen LogP contribution in [0, 0.1) is 40.9 Å². The normalized spacial score (nSPS) is 46.6. The monoisotopic (exact) mass is 402 g/mol. The van der Waals surface area contributed by atoms with Gasteiger partial charge >= 0.3 is 0 Å². The highest BCUT2D eigenvalue weighted by atomic mass is 19.1. The van der Waals surface area contributed by atoms with Crippen molar-refractivity contribution in [3.63, 3.8) is 0 Å². The van der Waals surface area contributed by atoms with E-state index in [1.807, 2.05) is 10.8 Å². The van der Waals surface area contributed by atoms with Crippen molar-refractivity contribution in [1.82, 2.24) is 9.55 Å². The van der Waals surface area contributed by atoms with Gasteiger partial charge in [0.15, 0.2) is 5.78 Å². The minimum absolute atomic E-state index is 0.139. The number of hydrogen-bond donors (Lipinski definition) is 1. The number of ketones is 1. The molecule has 1 aromatic rings. The molecule has 4 saturated carbocycles. The van der Waals surface area contributed by atoms with E-state index in [4.69, 9.17) is 0 Å². The lowest BCUT2D eigenvalue weighted by molar-refractivity contribution is -0.134. The summed E-state index contributed by atoms with van der Waals surface area (Å²) in [5.41, 5.74) is -0.921. The molecule has 5 heteroatoms. The van der Waals surface area contributed by atoms with Crippen molar-refractivity contribution in [3.8, 4) is 0 Å². The number of aliphatic hydroxyl groups is 1. The quantitative estimate of drug-likeness (QED) is 0.811. The molecule has 8 atom stereocenters. The van der Waals surface area contributed by atoms with Crippen LogP contribution in [-0.4, -0.2) is 32.7 Å². The summed E-state index contributed by atoms with van der Waals surface area (Å²) < 4.78 is 15.3. The molecule has 3 unspecified atom stereocenters. The van der Waals surface area contributed by atoms with Gasteiger partial charge in [-0.15, -0.1) is 0 Å². The number of halogens is 1. The van der Waals surface area contributed by atoms with E-state index in [0.717, 1.165) is 37.5 Å². The van der Waals surface area contributed by atoms with Crippen molar-refractivity contribution in [2.75, 3.05) is 6.67 Å². The Morgan fingerprint density at radius 3 is 2.72 bits per heavy atom. The molecule has 0 aliphatic heterocycles. The van der Waals surface area contributed by atoms with Crippen molar-refractivity contribution in [2.24, 2.45) is 40.9 Å². The Balaban J connectivity index is 1.31. The first-order valence-corrected chi connectivity index (χ1v) is 11.7. The third-order valence-electron chi connectivity index (χ3n) is 9.64. The Labute approximate surface area is 173 Å². The zero-order valence-corrected chi connectivity index (χ0v) is 17.6. The molecule has 4 aliphatic carbocycles. The van der Waals surface area contributed by atoms with E-state index in [1.54, 1.807) is 12.5 Å². The molecule has 160 valence electrons. The number of alkyl halides is 1. The predicted molar refractivity (Wildman–Crippen MR) is 109 cm³/mol. The Morgan fingerprint density at radius 1 is 1.14 bits per heavy atom. The topological polar surface area (TPSA) is 55.1 Å². The van der Waals surface area contributed by atoms with E-state index >= 15 is 0 Å². The third-order valence-corrected chi connectivity index (χ3v) is 9.64. The Morgan fingerprint density at radius 2 is 1.97 bits per heavy atom. The summed E-state index contributed by atoms with van der Waals surface area (Å²) in [4.78, 5) is 17.2. The van der Waals surface area contributed by atoms with Gasteiger partial charge in [-0.2, -0.15) is 0 Å². The van der Waals surface area contributed by atoms with E-state index in [2.05, 4.69) is 11.9 Å². The number of fused-ring (bicyclic) bond motifs is 5. The lowest BCUT2D eigenvalue weighted by Crippen LogP contribution is -2.52. The van der Waals surface area contributed by atoms with Gasteiger partial charge in [-0.25, -0.2) is 9.37 Å². The lowest BCUT2D eigenvalue weighted by Gasteiger charge is -2.57. The van der Waals surface area contributed by atoms with Crippen LogP contribution in [0.2, 0.25) is 0 Å². The number of aromatic nitrogens is 2. The van der Waals surface area contributed by atoms with Gasteiger partial charge in [0.2, 0.25) is 0 Å². The molecule has 0 bridgehead atoms. The molecule has 29 heavy (non-hydrogen) atoms. The average molecular weight is 403 g/mol. The third kappa shape index (κ3) is 3.19. The van der Waals surface area contributed by atoms with Crippen molar-refractivity contribution >= 4 is 5.78 Å². The van der Waals surface area contributed by atoms with E-state index in [0.29, 0.717) is 42.9 Å². The van der Waals surface area contributed by atoms with Gasteiger partial charge < -0.3 is 9.67 Å². The standard InChI is InChI=1S/C24H35FN2O2/c1-23-8-6-18-17-7-9-24(29,14-25)12-16(17)2-3-19(18)20(23)4-5-21(23)22(28)13-27-11-10-26-15-27/h10-11,15-21,29H,2-9,12-14H2,1H3/t16-,17+,18?,19?,20?,21-,23+,24-/m1/s1. The van der Waals surface area contributed by atoms with Crippen LogP contribution in [0.25, 0.3) is 0 Å². The number of rotatable bonds is 4. The van der Waals surface area contributed by atoms with Crippen LogP contribution in [-0.2, 0) is 11.3 Å². The fourth-order valence-corrected chi connectivity index (χ4v) is 8.28. The first-order chi connectivity index (χ1) is 13.9. The maximum atomic E-state index is 13.3. The van der Waals surface area contributed by atoms with Gasteiger partial charge in [0.1, 0.15) is 6.67 Å². The number of carbonyl (C=O) groups is 1. The number of carbonyl (C=O) groups excluding carboxylic acids is 1. The van der Waals surface area contributed by atoms with Gasteiger partial charge in [-0.05, 0) is 92.8 Å². The van der Waals surface area contributed by atoms with Crippen molar-refractivity contribution in [1.29, 1.82) is 0 Å². The summed E-state index contributed by atoms with van der Waals surface area (Å²) in [6, 6.07) is 0. The molecule has 1 aromatic heterocycles. The number of imidazole rings is 1. The minimum atomic E-state index is -1.06. The molecule has 0 aromatic carbocycles. The van der Waals surface area contributed by atoms with Gasteiger partial charge in [0.25, 0.3) is 0 Å². The van der Waals surface area contributed by atoms with Gasteiger partial charge in [0.05, 0.1) is 18.5 Å². The summed E-state index contributed by atoms with van der Waals surface area (Å²) >= 11 is 0. The van der Waals surface area contributed by atoms with Gasteiger partial charge in [0, 0.05) is 18.3 Å². The zero-order valence-electron chi connectivity index (χ0n) is 17.6. The maximum Gasteiger partial charge on any atom is 0.156 e. The Hall–Kier alpha value is -1.23. The largest absolute Gasteiger partial charge is 0.387 e. The van der Waals surface area contributed by atoms with Crippen LogP contribution in [0.3, 0.4) is 0 Å². The van der Waals surface area contributed by atoms with Crippen LogP contribution in [0.15, 0.2) is 18.7 Å². The molecule has 0 saturated heterocycles. The molecule has 0 radical (unpaired) electrons. The SMILES string of the molecule is C[C@]12CCC3C(CC[C@@H]4C[C@@](O)(CF)CC[C@H]34)C1CC[C@@H]2C(=O)Cn1ccnc1. The van der Waals surface area contributed by atoms with Crippen LogP contribution >= 0.6 is 0 Å². The summed E-state index contributed by atoms with van der Waals surface area (Å²) in [6.07, 6.45) is 14.6. The fraction of sp³-hybridized carbons (Fsp3) is 0.833. The first-order valence-electron chi connectivity index (χ1n) is 11.7. The van der Waals surface area contributed by atoms with Gasteiger partial charge in [-0.1, -0.05) is 6.92 Å². The van der Waals surface area contributed by atoms with Crippen molar-refractivity contribution in [3.05, 3.63) is 18.7 Å². The van der Waals surface area contributed by atoms with E-state index in [9.17, 15) is 14.3 Å². The molecule has 4 nitrogen and oxygen atoms in total. The first kappa shape index (κ1) is 19.7. The Kier molecular flexibility index (Phi) is 4.88.